The number of benzene rings is 2. The maximum Gasteiger partial charge on any atom is 0.321 e. The lowest BCUT2D eigenvalue weighted by atomic mass is 9.81. The van der Waals surface area contributed by atoms with Crippen molar-refractivity contribution >= 4 is 17.6 Å². The van der Waals surface area contributed by atoms with Crippen molar-refractivity contribution in [2.75, 3.05) is 18.4 Å². The van der Waals surface area contributed by atoms with Gasteiger partial charge in [0, 0.05) is 25.3 Å². The Kier molecular flexibility index (Phi) is 5.79. The molecule has 1 fully saturated rings. The standard InChI is InChI=1S/C22H27N3O2/c1-17-9-6-7-12-19(17)24-21(27)25-14-8-13-22(2,16-25)20(26)23-15-18-10-4-3-5-11-18/h3-7,9-12H,8,13-16H2,1-2H3,(H,23,26)(H,24,27)/t22-/m1/s1. The van der Waals surface area contributed by atoms with Crippen molar-refractivity contribution in [1.29, 1.82) is 0 Å². The molecule has 0 bridgehead atoms. The van der Waals surface area contributed by atoms with Crippen molar-refractivity contribution in [3.8, 4) is 0 Å². The van der Waals surface area contributed by atoms with Gasteiger partial charge in [-0.25, -0.2) is 4.79 Å². The highest BCUT2D eigenvalue weighted by atomic mass is 16.2. The summed E-state index contributed by atoms with van der Waals surface area (Å²) in [6.45, 7) is 5.50. The summed E-state index contributed by atoms with van der Waals surface area (Å²) in [4.78, 5) is 27.2. The van der Waals surface area contributed by atoms with Crippen molar-refractivity contribution in [3.63, 3.8) is 0 Å². The first kappa shape index (κ1) is 19.0. The molecule has 3 amide bonds. The zero-order chi connectivity index (χ0) is 19.3. The molecule has 0 radical (unpaired) electrons. The number of nitrogens with one attached hydrogen (secondary N) is 2. The number of aryl methyl sites for hydroxylation is 1. The van der Waals surface area contributed by atoms with Crippen LogP contribution in [0, 0.1) is 12.3 Å². The summed E-state index contributed by atoms with van der Waals surface area (Å²) in [6, 6.07) is 17.4. The summed E-state index contributed by atoms with van der Waals surface area (Å²) in [5.74, 6) is -0.000236. The minimum Gasteiger partial charge on any atom is -0.351 e. The third kappa shape index (κ3) is 4.67. The van der Waals surface area contributed by atoms with Gasteiger partial charge in [-0.1, -0.05) is 48.5 Å². The van der Waals surface area contributed by atoms with E-state index in [2.05, 4.69) is 10.6 Å². The highest BCUT2D eigenvalue weighted by Crippen LogP contribution is 2.30. The van der Waals surface area contributed by atoms with E-state index in [1.165, 1.54) is 0 Å². The Morgan fingerprint density at radius 1 is 1.07 bits per heavy atom. The molecule has 27 heavy (non-hydrogen) atoms. The van der Waals surface area contributed by atoms with E-state index < -0.39 is 5.41 Å². The number of para-hydroxylation sites is 1. The van der Waals surface area contributed by atoms with Crippen molar-refractivity contribution in [2.24, 2.45) is 5.41 Å². The van der Waals surface area contributed by atoms with Crippen molar-refractivity contribution in [3.05, 3.63) is 65.7 Å². The number of likely N-dealkylation sites (tertiary alicyclic amines) is 1. The van der Waals surface area contributed by atoms with Gasteiger partial charge in [-0.05, 0) is 43.9 Å². The van der Waals surface area contributed by atoms with Crippen LogP contribution < -0.4 is 10.6 Å². The van der Waals surface area contributed by atoms with Crippen LogP contribution >= 0.6 is 0 Å². The molecule has 1 atom stereocenters. The molecule has 2 aromatic rings. The number of nitrogens with zero attached hydrogens (tertiary/aromatic N) is 1. The molecule has 0 aliphatic carbocycles. The molecule has 5 heteroatoms. The maximum atomic E-state index is 12.8. The van der Waals surface area contributed by atoms with Crippen molar-refractivity contribution < 1.29 is 9.59 Å². The molecule has 3 rings (SSSR count). The molecule has 2 aromatic carbocycles. The zero-order valence-electron chi connectivity index (χ0n) is 16.0. The minimum atomic E-state index is -0.573. The van der Waals surface area contributed by atoms with E-state index in [4.69, 9.17) is 0 Å². The molecule has 1 aliphatic rings. The van der Waals surface area contributed by atoms with Gasteiger partial charge in [0.1, 0.15) is 0 Å². The van der Waals surface area contributed by atoms with E-state index in [1.807, 2.05) is 68.4 Å². The largest absolute Gasteiger partial charge is 0.351 e. The lowest BCUT2D eigenvalue weighted by molar-refractivity contribution is -0.132. The third-order valence-corrected chi connectivity index (χ3v) is 5.21. The van der Waals surface area contributed by atoms with Gasteiger partial charge < -0.3 is 15.5 Å². The van der Waals surface area contributed by atoms with Gasteiger partial charge in [-0.15, -0.1) is 0 Å². The second kappa shape index (κ2) is 8.25. The summed E-state index contributed by atoms with van der Waals surface area (Å²) in [7, 11) is 0. The fourth-order valence-corrected chi connectivity index (χ4v) is 3.50. The number of hydrogen-bond donors (Lipinski definition) is 2. The molecule has 0 unspecified atom stereocenters. The second-order valence-corrected chi connectivity index (χ2v) is 7.50. The summed E-state index contributed by atoms with van der Waals surface area (Å²) in [6.07, 6.45) is 1.60. The monoisotopic (exact) mass is 365 g/mol. The molecule has 0 saturated carbocycles. The van der Waals surface area contributed by atoms with E-state index in [-0.39, 0.29) is 11.9 Å². The summed E-state index contributed by atoms with van der Waals surface area (Å²) < 4.78 is 0. The predicted molar refractivity (Wildman–Crippen MR) is 107 cm³/mol. The molecular formula is C22H27N3O2. The molecule has 0 aromatic heterocycles. The fourth-order valence-electron chi connectivity index (χ4n) is 3.50. The normalized spacial score (nSPS) is 19.4. The molecule has 2 N–H and O–H groups in total. The number of anilines is 1. The van der Waals surface area contributed by atoms with Crippen LogP contribution in [0.15, 0.2) is 54.6 Å². The number of carbonyl (C=O) groups is 2. The second-order valence-electron chi connectivity index (χ2n) is 7.50. The number of piperidine rings is 1. The topological polar surface area (TPSA) is 61.4 Å². The quantitative estimate of drug-likeness (QED) is 0.862. The Morgan fingerprint density at radius 3 is 2.52 bits per heavy atom. The molecular weight excluding hydrogens is 338 g/mol. The van der Waals surface area contributed by atoms with E-state index in [0.29, 0.717) is 19.6 Å². The average molecular weight is 365 g/mol. The third-order valence-electron chi connectivity index (χ3n) is 5.21. The van der Waals surface area contributed by atoms with Crippen LogP contribution in [0.2, 0.25) is 0 Å². The average Bonchev–Trinajstić information content (AvgIpc) is 2.68. The predicted octanol–water partition coefficient (Wildman–Crippen LogP) is 3.95. The number of amides is 3. The Balaban J connectivity index is 1.60. The van der Waals surface area contributed by atoms with Gasteiger partial charge in [0.05, 0.1) is 5.41 Å². The number of rotatable bonds is 4. The van der Waals surface area contributed by atoms with E-state index in [9.17, 15) is 9.59 Å². The molecule has 1 heterocycles. The first-order chi connectivity index (χ1) is 13.0. The van der Waals surface area contributed by atoms with E-state index in [1.54, 1.807) is 4.90 Å². The summed E-state index contributed by atoms with van der Waals surface area (Å²) >= 11 is 0. The molecule has 142 valence electrons. The van der Waals surface area contributed by atoms with Gasteiger partial charge in [-0.2, -0.15) is 0 Å². The first-order valence-corrected chi connectivity index (χ1v) is 9.42. The van der Waals surface area contributed by atoms with Crippen molar-refractivity contribution in [1.82, 2.24) is 10.2 Å². The number of hydrogen-bond acceptors (Lipinski definition) is 2. The molecule has 5 nitrogen and oxygen atoms in total. The lowest BCUT2D eigenvalue weighted by Gasteiger charge is -2.39. The highest BCUT2D eigenvalue weighted by Gasteiger charge is 2.39. The van der Waals surface area contributed by atoms with Crippen LogP contribution in [-0.4, -0.2) is 29.9 Å². The van der Waals surface area contributed by atoms with Crippen molar-refractivity contribution in [2.45, 2.75) is 33.2 Å². The Hall–Kier alpha value is -2.82. The van der Waals surface area contributed by atoms with Crippen LogP contribution in [0.5, 0.6) is 0 Å². The lowest BCUT2D eigenvalue weighted by Crippen LogP contribution is -2.52. The summed E-state index contributed by atoms with van der Waals surface area (Å²) in [5, 5.41) is 6.00. The van der Waals surface area contributed by atoms with Crippen LogP contribution in [0.1, 0.15) is 30.9 Å². The Labute approximate surface area is 160 Å². The number of carbonyl (C=O) groups excluding carboxylic acids is 2. The molecule has 0 spiro atoms. The SMILES string of the molecule is Cc1ccccc1NC(=O)N1CCC[C@@](C)(C(=O)NCc2ccccc2)C1. The van der Waals surface area contributed by atoms with Crippen LogP contribution in [0.4, 0.5) is 10.5 Å². The first-order valence-electron chi connectivity index (χ1n) is 9.42. The van der Waals surface area contributed by atoms with Gasteiger partial charge in [0.15, 0.2) is 0 Å². The van der Waals surface area contributed by atoms with Gasteiger partial charge in [-0.3, -0.25) is 4.79 Å². The molecule has 1 saturated heterocycles. The van der Waals surface area contributed by atoms with Gasteiger partial charge >= 0.3 is 6.03 Å². The Morgan fingerprint density at radius 2 is 1.78 bits per heavy atom. The van der Waals surface area contributed by atoms with Gasteiger partial charge in [0.2, 0.25) is 5.91 Å². The molecule has 1 aliphatic heterocycles. The van der Waals surface area contributed by atoms with E-state index in [0.717, 1.165) is 29.7 Å². The summed E-state index contributed by atoms with van der Waals surface area (Å²) in [5.41, 5.74) is 2.32. The van der Waals surface area contributed by atoms with Crippen LogP contribution in [0.25, 0.3) is 0 Å². The zero-order valence-corrected chi connectivity index (χ0v) is 16.0. The Bertz CT molecular complexity index is 806. The van der Waals surface area contributed by atoms with Crippen LogP contribution in [0.3, 0.4) is 0 Å². The van der Waals surface area contributed by atoms with Crippen LogP contribution in [-0.2, 0) is 11.3 Å². The number of urea groups is 1. The van der Waals surface area contributed by atoms with Gasteiger partial charge in [0.25, 0.3) is 0 Å². The van der Waals surface area contributed by atoms with E-state index >= 15 is 0 Å². The maximum absolute atomic E-state index is 12.8. The smallest absolute Gasteiger partial charge is 0.321 e. The fraction of sp³-hybridized carbons (Fsp3) is 0.364. The highest BCUT2D eigenvalue weighted by molar-refractivity contribution is 5.91. The minimum absolute atomic E-state index is 0.000236.